The lowest BCUT2D eigenvalue weighted by Gasteiger charge is -2.19. The second-order valence-electron chi connectivity index (χ2n) is 6.78. The molecule has 1 aliphatic rings. The molecule has 0 spiro atoms. The van der Waals surface area contributed by atoms with Crippen LogP contribution in [0.4, 0.5) is 0 Å². The fourth-order valence-corrected chi connectivity index (χ4v) is 4.85. The monoisotopic (exact) mass is 372 g/mol. The molecule has 26 heavy (non-hydrogen) atoms. The van der Waals surface area contributed by atoms with Crippen molar-refractivity contribution in [1.29, 1.82) is 0 Å². The summed E-state index contributed by atoms with van der Waals surface area (Å²) in [5, 5.41) is 3.05. The molecule has 1 fully saturated rings. The smallest absolute Gasteiger partial charge is 0.251 e. The predicted molar refractivity (Wildman–Crippen MR) is 101 cm³/mol. The third-order valence-corrected chi connectivity index (χ3v) is 6.63. The first-order valence-electron chi connectivity index (χ1n) is 8.87. The number of amides is 1. The van der Waals surface area contributed by atoms with Gasteiger partial charge in [0, 0.05) is 11.6 Å². The molecule has 1 aliphatic carbocycles. The van der Waals surface area contributed by atoms with Crippen LogP contribution in [0.2, 0.25) is 0 Å². The maximum absolute atomic E-state index is 12.5. The van der Waals surface area contributed by atoms with Crippen molar-refractivity contribution in [3.8, 4) is 0 Å². The standard InChI is InChI=1S/C20H24N2O3S/c21-13-17-8-5-11-19(17)22-20(23)16-7-4-6-15(12-16)14-26(24,25)18-9-2-1-3-10-18/h1-4,6-7,9-10,12,17,19H,5,8,11,13-14,21H2,(H,22,23). The molecule has 0 saturated heterocycles. The number of hydrogen-bond donors (Lipinski definition) is 2. The molecule has 0 aliphatic heterocycles. The molecule has 0 aromatic heterocycles. The van der Waals surface area contributed by atoms with Crippen molar-refractivity contribution in [3.63, 3.8) is 0 Å². The van der Waals surface area contributed by atoms with Gasteiger partial charge in [0.2, 0.25) is 0 Å². The highest BCUT2D eigenvalue weighted by Crippen LogP contribution is 2.25. The van der Waals surface area contributed by atoms with Crippen molar-refractivity contribution >= 4 is 15.7 Å². The molecule has 1 amide bonds. The number of sulfone groups is 1. The normalized spacial score (nSPS) is 20.0. The predicted octanol–water partition coefficient (Wildman–Crippen LogP) is 2.52. The number of nitrogens with two attached hydrogens (primary N) is 1. The van der Waals surface area contributed by atoms with Crippen LogP contribution in [0.25, 0.3) is 0 Å². The summed E-state index contributed by atoms with van der Waals surface area (Å²) in [4.78, 5) is 12.8. The average Bonchev–Trinajstić information content (AvgIpc) is 3.09. The Balaban J connectivity index is 1.73. The quantitative estimate of drug-likeness (QED) is 0.815. The molecular formula is C20H24N2O3S. The Kier molecular flexibility index (Phi) is 5.74. The van der Waals surface area contributed by atoms with Gasteiger partial charge in [0.05, 0.1) is 10.6 Å². The third kappa shape index (κ3) is 4.31. The first-order valence-corrected chi connectivity index (χ1v) is 10.5. The van der Waals surface area contributed by atoms with Crippen LogP contribution in [0.15, 0.2) is 59.5 Å². The molecular weight excluding hydrogens is 348 g/mol. The van der Waals surface area contributed by atoms with Crippen LogP contribution in [0.3, 0.4) is 0 Å². The molecule has 0 heterocycles. The molecule has 0 radical (unpaired) electrons. The Labute approximate surface area is 154 Å². The maximum atomic E-state index is 12.5. The van der Waals surface area contributed by atoms with Crippen molar-refractivity contribution in [2.75, 3.05) is 6.54 Å². The SMILES string of the molecule is NCC1CCCC1NC(=O)c1cccc(CS(=O)(=O)c2ccccc2)c1. The minimum atomic E-state index is -3.44. The van der Waals surface area contributed by atoms with Crippen LogP contribution in [0, 0.1) is 5.92 Å². The zero-order chi connectivity index (χ0) is 18.6. The van der Waals surface area contributed by atoms with Crippen molar-refractivity contribution in [3.05, 3.63) is 65.7 Å². The highest BCUT2D eigenvalue weighted by atomic mass is 32.2. The molecule has 1 saturated carbocycles. The zero-order valence-electron chi connectivity index (χ0n) is 14.6. The molecule has 3 rings (SSSR count). The Bertz CT molecular complexity index is 866. The Morgan fingerprint density at radius 3 is 2.58 bits per heavy atom. The number of benzene rings is 2. The van der Waals surface area contributed by atoms with Gasteiger partial charge in [0.25, 0.3) is 5.91 Å². The maximum Gasteiger partial charge on any atom is 0.251 e. The Hall–Kier alpha value is -2.18. The van der Waals surface area contributed by atoms with E-state index in [1.807, 2.05) is 0 Å². The van der Waals surface area contributed by atoms with Gasteiger partial charge in [-0.05, 0) is 55.1 Å². The first-order chi connectivity index (χ1) is 12.5. The van der Waals surface area contributed by atoms with E-state index < -0.39 is 9.84 Å². The van der Waals surface area contributed by atoms with Crippen LogP contribution in [0.1, 0.15) is 35.2 Å². The van der Waals surface area contributed by atoms with Gasteiger partial charge < -0.3 is 11.1 Å². The molecule has 0 bridgehead atoms. The summed E-state index contributed by atoms with van der Waals surface area (Å²) in [5.74, 6) is 0.0161. The minimum absolute atomic E-state index is 0.101. The fourth-order valence-electron chi connectivity index (χ4n) is 3.49. The van der Waals surface area contributed by atoms with E-state index in [1.54, 1.807) is 54.6 Å². The first kappa shape index (κ1) is 18.6. The average molecular weight is 372 g/mol. The van der Waals surface area contributed by atoms with E-state index in [-0.39, 0.29) is 22.6 Å². The van der Waals surface area contributed by atoms with Gasteiger partial charge in [-0.25, -0.2) is 8.42 Å². The van der Waals surface area contributed by atoms with E-state index in [0.717, 1.165) is 19.3 Å². The number of carbonyl (C=O) groups is 1. The molecule has 5 nitrogen and oxygen atoms in total. The van der Waals surface area contributed by atoms with Crippen LogP contribution >= 0.6 is 0 Å². The van der Waals surface area contributed by atoms with Crippen LogP contribution < -0.4 is 11.1 Å². The van der Waals surface area contributed by atoms with Gasteiger partial charge >= 0.3 is 0 Å². The molecule has 2 aromatic carbocycles. The highest BCUT2D eigenvalue weighted by molar-refractivity contribution is 7.90. The second-order valence-corrected chi connectivity index (χ2v) is 8.77. The summed E-state index contributed by atoms with van der Waals surface area (Å²) in [6.07, 6.45) is 3.05. The highest BCUT2D eigenvalue weighted by Gasteiger charge is 2.27. The third-order valence-electron chi connectivity index (χ3n) is 4.93. The molecule has 138 valence electrons. The largest absolute Gasteiger partial charge is 0.349 e. The Morgan fingerprint density at radius 1 is 1.08 bits per heavy atom. The van der Waals surface area contributed by atoms with E-state index in [9.17, 15) is 13.2 Å². The summed E-state index contributed by atoms with van der Waals surface area (Å²) in [5.41, 5.74) is 6.85. The lowest BCUT2D eigenvalue weighted by molar-refractivity contribution is 0.0928. The van der Waals surface area contributed by atoms with E-state index in [0.29, 0.717) is 23.6 Å². The van der Waals surface area contributed by atoms with Crippen molar-refractivity contribution in [1.82, 2.24) is 5.32 Å². The van der Waals surface area contributed by atoms with Gasteiger partial charge in [-0.15, -0.1) is 0 Å². The number of hydrogen-bond acceptors (Lipinski definition) is 4. The van der Waals surface area contributed by atoms with Gasteiger partial charge in [-0.3, -0.25) is 4.79 Å². The Morgan fingerprint density at radius 2 is 1.85 bits per heavy atom. The molecule has 6 heteroatoms. The second kappa shape index (κ2) is 8.01. The van der Waals surface area contributed by atoms with E-state index in [2.05, 4.69) is 5.32 Å². The molecule has 2 aromatic rings. The van der Waals surface area contributed by atoms with E-state index in [4.69, 9.17) is 5.73 Å². The summed E-state index contributed by atoms with van der Waals surface area (Å²) >= 11 is 0. The summed E-state index contributed by atoms with van der Waals surface area (Å²) in [6, 6.07) is 15.3. The summed E-state index contributed by atoms with van der Waals surface area (Å²) in [6.45, 7) is 0.570. The molecule has 2 unspecified atom stereocenters. The van der Waals surface area contributed by atoms with Crippen LogP contribution in [-0.4, -0.2) is 26.9 Å². The lowest BCUT2D eigenvalue weighted by Crippen LogP contribution is -2.39. The lowest BCUT2D eigenvalue weighted by atomic mass is 10.0. The van der Waals surface area contributed by atoms with Crippen LogP contribution in [-0.2, 0) is 15.6 Å². The van der Waals surface area contributed by atoms with Crippen molar-refractivity contribution < 1.29 is 13.2 Å². The zero-order valence-corrected chi connectivity index (χ0v) is 15.4. The number of carbonyl (C=O) groups excluding carboxylic acids is 1. The van der Waals surface area contributed by atoms with Gasteiger partial charge in [-0.2, -0.15) is 0 Å². The summed E-state index contributed by atoms with van der Waals surface area (Å²) in [7, 11) is -3.44. The van der Waals surface area contributed by atoms with Gasteiger partial charge in [0.15, 0.2) is 9.84 Å². The minimum Gasteiger partial charge on any atom is -0.349 e. The molecule has 2 atom stereocenters. The summed E-state index contributed by atoms with van der Waals surface area (Å²) < 4.78 is 25.1. The topological polar surface area (TPSA) is 89.3 Å². The number of rotatable bonds is 6. The van der Waals surface area contributed by atoms with Crippen molar-refractivity contribution in [2.45, 2.75) is 36.0 Å². The van der Waals surface area contributed by atoms with E-state index in [1.165, 1.54) is 0 Å². The molecule has 3 N–H and O–H groups in total. The van der Waals surface area contributed by atoms with Crippen LogP contribution in [0.5, 0.6) is 0 Å². The van der Waals surface area contributed by atoms with Gasteiger partial charge in [0.1, 0.15) is 0 Å². The van der Waals surface area contributed by atoms with Crippen molar-refractivity contribution in [2.24, 2.45) is 11.7 Å². The van der Waals surface area contributed by atoms with Gasteiger partial charge in [-0.1, -0.05) is 36.8 Å². The fraction of sp³-hybridized carbons (Fsp3) is 0.350. The van der Waals surface area contributed by atoms with E-state index >= 15 is 0 Å². The number of nitrogens with one attached hydrogen (secondary N) is 1.